The van der Waals surface area contributed by atoms with Gasteiger partial charge in [-0.15, -0.1) is 5.92 Å². The van der Waals surface area contributed by atoms with E-state index in [4.69, 9.17) is 4.74 Å². The van der Waals surface area contributed by atoms with Crippen molar-refractivity contribution >= 4 is 10.0 Å². The van der Waals surface area contributed by atoms with Crippen LogP contribution >= 0.6 is 0 Å². The van der Waals surface area contributed by atoms with Gasteiger partial charge in [-0.3, -0.25) is 0 Å². The van der Waals surface area contributed by atoms with Gasteiger partial charge in [0.15, 0.2) is 0 Å². The molecule has 0 aliphatic heterocycles. The molecule has 1 rings (SSSR count). The van der Waals surface area contributed by atoms with Gasteiger partial charge in [-0.2, -0.15) is 4.31 Å². The van der Waals surface area contributed by atoms with Gasteiger partial charge in [-0.1, -0.05) is 42.3 Å². The Kier molecular flexibility index (Phi) is 7.93. The van der Waals surface area contributed by atoms with Crippen molar-refractivity contribution in [2.24, 2.45) is 0 Å². The summed E-state index contributed by atoms with van der Waals surface area (Å²) in [5, 5.41) is 0. The smallest absolute Gasteiger partial charge is 0.244 e. The van der Waals surface area contributed by atoms with Gasteiger partial charge in [0.1, 0.15) is 0 Å². The second-order valence-electron chi connectivity index (χ2n) is 5.71. The number of sulfonamides is 1. The highest BCUT2D eigenvalue weighted by Crippen LogP contribution is 2.17. The van der Waals surface area contributed by atoms with Crippen molar-refractivity contribution in [2.45, 2.75) is 25.7 Å². The lowest BCUT2D eigenvalue weighted by molar-refractivity contribution is 0.177. The average Bonchev–Trinajstić information content (AvgIpc) is 2.51. The van der Waals surface area contributed by atoms with Crippen LogP contribution in [0.25, 0.3) is 0 Å². The van der Waals surface area contributed by atoms with E-state index in [9.17, 15) is 8.42 Å². The molecule has 0 heterocycles. The van der Waals surface area contributed by atoms with Crippen LogP contribution in [0.4, 0.5) is 0 Å². The topological polar surface area (TPSA) is 46.6 Å². The van der Waals surface area contributed by atoms with Crippen molar-refractivity contribution in [3.05, 3.63) is 54.1 Å². The lowest BCUT2D eigenvalue weighted by atomic mass is 10.2. The molecule has 24 heavy (non-hydrogen) atoms. The first-order valence-electron chi connectivity index (χ1n) is 7.62. The minimum Gasteiger partial charge on any atom is -0.373 e. The minimum atomic E-state index is -3.63. The number of benzene rings is 1. The van der Waals surface area contributed by atoms with Crippen LogP contribution in [0.1, 0.15) is 19.4 Å². The summed E-state index contributed by atoms with van der Waals surface area (Å²) < 4.78 is 32.4. The summed E-state index contributed by atoms with van der Waals surface area (Å²) in [4.78, 5) is 0.252. The molecule has 0 fully saturated rings. The van der Waals surface area contributed by atoms with Crippen molar-refractivity contribution < 1.29 is 13.2 Å². The number of aryl methyl sites for hydroxylation is 1. The SMILES string of the molecule is C=C(C)COCC(=C)CN(CC#CC)S(=O)(=O)c1ccc(C)cc1. The van der Waals surface area contributed by atoms with Crippen molar-refractivity contribution in [1.29, 1.82) is 0 Å². The first kappa shape index (κ1) is 20.2. The predicted octanol–water partition coefficient (Wildman–Crippen LogP) is 3.16. The standard InChI is InChI=1S/C19H25NO3S/c1-6-7-12-20(13-18(5)15-23-14-16(2)3)24(21,22)19-10-8-17(4)9-11-19/h8-11H,2,5,12-15H2,1,3-4H3. The Hall–Kier alpha value is -1.87. The van der Waals surface area contributed by atoms with E-state index in [-0.39, 0.29) is 24.6 Å². The summed E-state index contributed by atoms with van der Waals surface area (Å²) in [6.07, 6.45) is 0. The Balaban J connectivity index is 2.90. The summed E-state index contributed by atoms with van der Waals surface area (Å²) in [5.74, 6) is 5.55. The molecule has 0 aliphatic carbocycles. The molecular weight excluding hydrogens is 322 g/mol. The monoisotopic (exact) mass is 347 g/mol. The van der Waals surface area contributed by atoms with E-state index in [2.05, 4.69) is 25.0 Å². The molecule has 0 amide bonds. The Morgan fingerprint density at radius 1 is 1.21 bits per heavy atom. The highest BCUT2D eigenvalue weighted by molar-refractivity contribution is 7.89. The molecule has 0 aromatic heterocycles. The fourth-order valence-corrected chi connectivity index (χ4v) is 3.28. The Labute approximate surface area is 145 Å². The molecule has 4 nitrogen and oxygen atoms in total. The molecular formula is C19H25NO3S. The van der Waals surface area contributed by atoms with Gasteiger partial charge < -0.3 is 4.74 Å². The number of rotatable bonds is 9. The van der Waals surface area contributed by atoms with Gasteiger partial charge in [0, 0.05) is 6.54 Å². The van der Waals surface area contributed by atoms with E-state index in [1.54, 1.807) is 31.2 Å². The van der Waals surface area contributed by atoms with Crippen molar-refractivity contribution in [3.63, 3.8) is 0 Å². The highest BCUT2D eigenvalue weighted by atomic mass is 32.2. The van der Waals surface area contributed by atoms with Crippen LogP contribution in [0, 0.1) is 18.8 Å². The summed E-state index contributed by atoms with van der Waals surface area (Å²) in [6.45, 7) is 14.1. The van der Waals surface area contributed by atoms with Crippen LogP contribution in [-0.4, -0.2) is 39.0 Å². The maximum absolute atomic E-state index is 12.8. The number of hydrogen-bond acceptors (Lipinski definition) is 3. The maximum Gasteiger partial charge on any atom is 0.244 e. The van der Waals surface area contributed by atoms with Gasteiger partial charge in [0.05, 0.1) is 24.7 Å². The molecule has 0 aliphatic rings. The molecule has 0 saturated heterocycles. The number of nitrogens with zero attached hydrogens (tertiary/aromatic N) is 1. The summed E-state index contributed by atoms with van der Waals surface area (Å²) in [6, 6.07) is 6.78. The third kappa shape index (κ3) is 6.32. The lowest BCUT2D eigenvalue weighted by Gasteiger charge is -2.21. The second-order valence-corrected chi connectivity index (χ2v) is 7.65. The predicted molar refractivity (Wildman–Crippen MR) is 98.2 cm³/mol. The molecule has 0 atom stereocenters. The van der Waals surface area contributed by atoms with E-state index >= 15 is 0 Å². The second kappa shape index (κ2) is 9.43. The Morgan fingerprint density at radius 3 is 2.38 bits per heavy atom. The quantitative estimate of drug-likeness (QED) is 0.509. The van der Waals surface area contributed by atoms with Gasteiger partial charge in [0.25, 0.3) is 0 Å². The summed E-state index contributed by atoms with van der Waals surface area (Å²) in [7, 11) is -3.63. The minimum absolute atomic E-state index is 0.117. The molecule has 0 saturated carbocycles. The molecule has 5 heteroatoms. The van der Waals surface area contributed by atoms with Crippen molar-refractivity contribution in [3.8, 4) is 11.8 Å². The third-order valence-electron chi connectivity index (χ3n) is 3.15. The van der Waals surface area contributed by atoms with Crippen LogP contribution < -0.4 is 0 Å². The van der Waals surface area contributed by atoms with Crippen LogP contribution in [0.3, 0.4) is 0 Å². The van der Waals surface area contributed by atoms with E-state index in [1.165, 1.54) is 4.31 Å². The molecule has 1 aromatic rings. The molecule has 0 bridgehead atoms. The zero-order valence-electron chi connectivity index (χ0n) is 14.6. The van der Waals surface area contributed by atoms with Crippen LogP contribution in [0.15, 0.2) is 53.5 Å². The Bertz CT molecular complexity index is 737. The molecule has 1 aromatic carbocycles. The van der Waals surface area contributed by atoms with Gasteiger partial charge >= 0.3 is 0 Å². The fraction of sp³-hybridized carbons (Fsp3) is 0.368. The number of ether oxygens (including phenoxy) is 1. The molecule has 0 spiro atoms. The largest absolute Gasteiger partial charge is 0.373 e. The average molecular weight is 347 g/mol. The zero-order chi connectivity index (χ0) is 18.2. The van der Waals surface area contributed by atoms with Gasteiger partial charge in [-0.05, 0) is 38.5 Å². The molecule has 0 radical (unpaired) electrons. The first-order valence-corrected chi connectivity index (χ1v) is 9.06. The van der Waals surface area contributed by atoms with E-state index in [0.717, 1.165) is 11.1 Å². The van der Waals surface area contributed by atoms with E-state index in [1.807, 2.05) is 13.8 Å². The zero-order valence-corrected chi connectivity index (χ0v) is 15.4. The third-order valence-corrected chi connectivity index (χ3v) is 4.95. The highest BCUT2D eigenvalue weighted by Gasteiger charge is 2.24. The molecule has 130 valence electrons. The van der Waals surface area contributed by atoms with E-state index < -0.39 is 10.0 Å². The maximum atomic E-state index is 12.8. The van der Waals surface area contributed by atoms with Gasteiger partial charge in [0.2, 0.25) is 10.0 Å². The normalized spacial score (nSPS) is 11.0. The Morgan fingerprint density at radius 2 is 1.83 bits per heavy atom. The molecule has 0 unspecified atom stereocenters. The lowest BCUT2D eigenvalue weighted by Crippen LogP contribution is -2.34. The summed E-state index contributed by atoms with van der Waals surface area (Å²) >= 11 is 0. The van der Waals surface area contributed by atoms with Gasteiger partial charge in [-0.25, -0.2) is 8.42 Å². The molecule has 0 N–H and O–H groups in total. The van der Waals surface area contributed by atoms with Crippen LogP contribution in [0.5, 0.6) is 0 Å². The first-order chi connectivity index (χ1) is 11.3. The van der Waals surface area contributed by atoms with Crippen molar-refractivity contribution in [1.82, 2.24) is 4.31 Å². The number of hydrogen-bond donors (Lipinski definition) is 0. The van der Waals surface area contributed by atoms with E-state index in [0.29, 0.717) is 12.2 Å². The van der Waals surface area contributed by atoms with Crippen LogP contribution in [-0.2, 0) is 14.8 Å². The van der Waals surface area contributed by atoms with Crippen LogP contribution in [0.2, 0.25) is 0 Å². The summed E-state index contributed by atoms with van der Waals surface area (Å²) in [5.41, 5.74) is 2.58. The fourth-order valence-electron chi connectivity index (χ4n) is 1.92. The van der Waals surface area contributed by atoms with Crippen molar-refractivity contribution in [2.75, 3.05) is 26.3 Å².